The van der Waals surface area contributed by atoms with E-state index in [0.29, 0.717) is 5.56 Å². The predicted molar refractivity (Wildman–Crippen MR) is 83.3 cm³/mol. The van der Waals surface area contributed by atoms with Crippen molar-refractivity contribution in [3.8, 4) is 12.0 Å². The first-order valence-electron chi connectivity index (χ1n) is 6.33. The van der Waals surface area contributed by atoms with E-state index in [1.807, 2.05) is 0 Å². The van der Waals surface area contributed by atoms with Crippen LogP contribution in [0.1, 0.15) is 29.8 Å². The van der Waals surface area contributed by atoms with Gasteiger partial charge in [0, 0.05) is 11.1 Å². The normalized spacial score (nSPS) is 11.0. The number of nitrogens with two attached hydrogens (primary N) is 1. The first kappa shape index (κ1) is 19.2. The highest BCUT2D eigenvalue weighted by atomic mass is 16.3. The molecule has 6 heteroatoms. The second-order valence-corrected chi connectivity index (χ2v) is 4.78. The van der Waals surface area contributed by atoms with Crippen molar-refractivity contribution in [3.63, 3.8) is 0 Å². The average Bonchev–Trinajstić information content (AvgIpc) is 2.46. The Morgan fingerprint density at radius 3 is 2.14 bits per heavy atom. The Morgan fingerprint density at radius 1 is 1.27 bits per heavy atom. The van der Waals surface area contributed by atoms with Crippen molar-refractivity contribution in [2.45, 2.75) is 25.5 Å². The van der Waals surface area contributed by atoms with E-state index in [0.717, 1.165) is 0 Å². The highest BCUT2D eigenvalue weighted by Gasteiger charge is 2.33. The Morgan fingerprint density at radius 2 is 1.77 bits per heavy atom. The van der Waals surface area contributed by atoms with Gasteiger partial charge in [0.15, 0.2) is 0 Å². The molecule has 0 saturated heterocycles. The zero-order valence-electron chi connectivity index (χ0n) is 12.6. The maximum atomic E-state index is 12.0. The number of aliphatic hydroxyl groups is 2. The number of rotatable bonds is 4. The Hall–Kier alpha value is -2.78. The Kier molecular flexibility index (Phi) is 7.42. The number of carbonyl (C=O) groups excluding carboxylic acids is 2. The molecular formula is C16H20N2O4. The zero-order chi connectivity index (χ0) is 17.3. The maximum Gasteiger partial charge on any atom is 0.252 e. The van der Waals surface area contributed by atoms with Gasteiger partial charge in [-0.15, -0.1) is 13.2 Å². The quantitative estimate of drug-likeness (QED) is 0.480. The van der Waals surface area contributed by atoms with Gasteiger partial charge in [0.1, 0.15) is 12.1 Å². The van der Waals surface area contributed by atoms with Gasteiger partial charge in [0.25, 0.3) is 5.91 Å². The molecule has 22 heavy (non-hydrogen) atoms. The number of amides is 2. The summed E-state index contributed by atoms with van der Waals surface area (Å²) in [6, 6.07) is 4.85. The molecule has 0 bridgehead atoms. The zero-order valence-corrected chi connectivity index (χ0v) is 12.6. The molecule has 0 heterocycles. The fourth-order valence-corrected chi connectivity index (χ4v) is 1.58. The lowest BCUT2D eigenvalue weighted by atomic mass is 9.98. The Labute approximate surface area is 129 Å². The van der Waals surface area contributed by atoms with E-state index >= 15 is 0 Å². The number of hydrogen-bond acceptors (Lipinski definition) is 4. The van der Waals surface area contributed by atoms with Crippen LogP contribution in [0.25, 0.3) is 0 Å². The average molecular weight is 304 g/mol. The summed E-state index contributed by atoms with van der Waals surface area (Å²) in [7, 11) is 0. The minimum Gasteiger partial charge on any atom is -0.462 e. The van der Waals surface area contributed by atoms with Gasteiger partial charge in [-0.05, 0) is 44.0 Å². The molecule has 6 nitrogen and oxygen atoms in total. The van der Waals surface area contributed by atoms with E-state index in [9.17, 15) is 14.7 Å². The van der Waals surface area contributed by atoms with Crippen molar-refractivity contribution in [1.82, 2.24) is 5.32 Å². The molecule has 2 amide bonds. The highest BCUT2D eigenvalue weighted by molar-refractivity contribution is 5.97. The molecule has 0 spiro atoms. The third-order valence-corrected chi connectivity index (χ3v) is 2.61. The van der Waals surface area contributed by atoms with Gasteiger partial charge in [-0.3, -0.25) is 9.59 Å². The van der Waals surface area contributed by atoms with E-state index in [-0.39, 0.29) is 5.56 Å². The summed E-state index contributed by atoms with van der Waals surface area (Å²) in [6.07, 6.45) is 1.75. The molecule has 0 fully saturated rings. The highest BCUT2D eigenvalue weighted by Crippen LogP contribution is 2.10. The van der Waals surface area contributed by atoms with Gasteiger partial charge in [-0.1, -0.05) is 0 Å². The van der Waals surface area contributed by atoms with Crippen molar-refractivity contribution in [2.75, 3.05) is 0 Å². The standard InChI is InChI=1S/C14H16N2O4.C2H4/c1-14(2,20)11(12(15)18)16-13(19)10-5-3-9(4-6-10)7-8-17;1-2/h3-6,11,17,20H,1-2H3,(H2,15,18)(H,16,19);1-2H2/t11-;/m1./s1. The minimum atomic E-state index is -1.47. The smallest absolute Gasteiger partial charge is 0.252 e. The lowest BCUT2D eigenvalue weighted by Crippen LogP contribution is -2.56. The lowest BCUT2D eigenvalue weighted by Gasteiger charge is -2.27. The minimum absolute atomic E-state index is 0.281. The number of primary amides is 1. The summed E-state index contributed by atoms with van der Waals surface area (Å²) in [5.41, 5.74) is 4.51. The second-order valence-electron chi connectivity index (χ2n) is 4.78. The van der Waals surface area contributed by atoms with Crippen LogP contribution < -0.4 is 11.1 Å². The van der Waals surface area contributed by atoms with Crippen molar-refractivity contribution in [3.05, 3.63) is 48.6 Å². The van der Waals surface area contributed by atoms with Crippen molar-refractivity contribution >= 4 is 11.8 Å². The van der Waals surface area contributed by atoms with Gasteiger partial charge in [0.2, 0.25) is 5.91 Å². The summed E-state index contributed by atoms with van der Waals surface area (Å²) < 4.78 is 0. The van der Waals surface area contributed by atoms with Crippen LogP contribution in [0.4, 0.5) is 0 Å². The van der Waals surface area contributed by atoms with Gasteiger partial charge in [-0.25, -0.2) is 0 Å². The van der Waals surface area contributed by atoms with Crippen LogP contribution in [0.15, 0.2) is 37.4 Å². The van der Waals surface area contributed by atoms with E-state index in [2.05, 4.69) is 24.4 Å². The van der Waals surface area contributed by atoms with Crippen LogP contribution in [0.2, 0.25) is 0 Å². The molecule has 0 unspecified atom stereocenters. The lowest BCUT2D eigenvalue weighted by molar-refractivity contribution is -0.125. The molecule has 0 radical (unpaired) electrons. The molecule has 1 rings (SSSR count). The van der Waals surface area contributed by atoms with Crippen LogP contribution in [0, 0.1) is 12.0 Å². The number of hydrogen-bond donors (Lipinski definition) is 4. The molecule has 1 aromatic carbocycles. The molecular weight excluding hydrogens is 284 g/mol. The third-order valence-electron chi connectivity index (χ3n) is 2.61. The van der Waals surface area contributed by atoms with Crippen LogP contribution in [0.5, 0.6) is 0 Å². The molecule has 0 aliphatic rings. The van der Waals surface area contributed by atoms with Gasteiger partial charge < -0.3 is 21.3 Å². The van der Waals surface area contributed by atoms with E-state index in [1.54, 1.807) is 18.2 Å². The Balaban J connectivity index is 0.00000211. The molecule has 0 aliphatic carbocycles. The second kappa shape index (κ2) is 8.49. The molecule has 0 saturated carbocycles. The van der Waals surface area contributed by atoms with Crippen LogP contribution in [-0.4, -0.2) is 33.7 Å². The fourth-order valence-electron chi connectivity index (χ4n) is 1.58. The van der Waals surface area contributed by atoms with E-state index in [4.69, 9.17) is 10.8 Å². The summed E-state index contributed by atoms with van der Waals surface area (Å²) in [5, 5.41) is 20.6. The summed E-state index contributed by atoms with van der Waals surface area (Å²) in [4.78, 5) is 23.2. The third kappa shape index (κ3) is 5.69. The largest absolute Gasteiger partial charge is 0.462 e. The molecule has 1 aromatic rings. The van der Waals surface area contributed by atoms with Crippen LogP contribution in [0.3, 0.4) is 0 Å². The Bertz CT molecular complexity index is 577. The summed E-state index contributed by atoms with van der Waals surface area (Å²) in [5.74, 6) is 1.05. The van der Waals surface area contributed by atoms with Crippen molar-refractivity contribution in [2.24, 2.45) is 5.73 Å². The fraction of sp³-hybridized carbons (Fsp3) is 0.250. The summed E-state index contributed by atoms with van der Waals surface area (Å²) in [6.45, 7) is 8.76. The SMILES string of the molecule is C=C.CC(C)(O)[C@H](NC(=O)c1ccc(C#CO)cc1)C(N)=O. The first-order valence-corrected chi connectivity index (χ1v) is 6.33. The van der Waals surface area contributed by atoms with Crippen LogP contribution in [-0.2, 0) is 4.79 Å². The van der Waals surface area contributed by atoms with E-state index in [1.165, 1.54) is 26.0 Å². The van der Waals surface area contributed by atoms with E-state index < -0.39 is 23.5 Å². The number of nitrogens with one attached hydrogen (secondary N) is 1. The maximum absolute atomic E-state index is 12.0. The van der Waals surface area contributed by atoms with Crippen molar-refractivity contribution < 1.29 is 19.8 Å². The number of carbonyl (C=O) groups is 2. The first-order chi connectivity index (χ1) is 10.3. The molecule has 0 aromatic heterocycles. The van der Waals surface area contributed by atoms with Gasteiger partial charge >= 0.3 is 0 Å². The molecule has 5 N–H and O–H groups in total. The predicted octanol–water partition coefficient (Wildman–Crippen LogP) is 0.525. The molecule has 1 atom stereocenters. The monoisotopic (exact) mass is 304 g/mol. The topological polar surface area (TPSA) is 113 Å². The summed E-state index contributed by atoms with van der Waals surface area (Å²) >= 11 is 0. The molecule has 118 valence electrons. The number of aliphatic hydroxyl groups excluding tert-OH is 1. The van der Waals surface area contributed by atoms with Gasteiger partial charge in [0.05, 0.1) is 5.60 Å². The number of benzene rings is 1. The van der Waals surface area contributed by atoms with Crippen LogP contribution >= 0.6 is 0 Å². The van der Waals surface area contributed by atoms with Gasteiger partial charge in [-0.2, -0.15) is 0 Å². The molecule has 0 aliphatic heterocycles. The van der Waals surface area contributed by atoms with Crippen molar-refractivity contribution in [1.29, 1.82) is 0 Å².